The highest BCUT2D eigenvalue weighted by Gasteiger charge is 2.38. The standard InChI is InChI=1S/C19H23F3N8O/c1-29-10-14(16(28-29)19(20,21)22)26-18(31)11-9-24-30-8-7-15(27-17(11)30)25-13-6-4-2-3-5-12(13)23/h7-10,12-13H,2-6,23H2,1H3,(H,25,27)(H,26,31). The first-order valence-corrected chi connectivity index (χ1v) is 10.0. The van der Waals surface area contributed by atoms with Crippen LogP contribution in [0.5, 0.6) is 0 Å². The monoisotopic (exact) mass is 436 g/mol. The molecule has 1 amide bonds. The van der Waals surface area contributed by atoms with Crippen molar-refractivity contribution in [1.29, 1.82) is 0 Å². The molecule has 4 rings (SSSR count). The maximum absolute atomic E-state index is 13.2. The van der Waals surface area contributed by atoms with Crippen LogP contribution in [0.2, 0.25) is 0 Å². The second-order valence-electron chi connectivity index (χ2n) is 7.71. The van der Waals surface area contributed by atoms with Gasteiger partial charge in [0.05, 0.1) is 11.9 Å². The Labute approximate surface area is 175 Å². The highest BCUT2D eigenvalue weighted by atomic mass is 19.4. The number of hydrogen-bond acceptors (Lipinski definition) is 6. The molecule has 31 heavy (non-hydrogen) atoms. The number of anilines is 2. The van der Waals surface area contributed by atoms with E-state index in [2.05, 4.69) is 25.8 Å². The molecule has 2 atom stereocenters. The van der Waals surface area contributed by atoms with Gasteiger partial charge in [0.2, 0.25) is 0 Å². The number of carbonyl (C=O) groups is 1. The fourth-order valence-corrected chi connectivity index (χ4v) is 3.79. The van der Waals surface area contributed by atoms with Crippen molar-refractivity contribution in [2.45, 2.75) is 50.4 Å². The van der Waals surface area contributed by atoms with Crippen molar-refractivity contribution in [1.82, 2.24) is 24.4 Å². The van der Waals surface area contributed by atoms with Crippen LogP contribution in [0.3, 0.4) is 0 Å². The van der Waals surface area contributed by atoms with Crippen LogP contribution in [0.1, 0.15) is 48.2 Å². The van der Waals surface area contributed by atoms with Crippen molar-refractivity contribution in [2.75, 3.05) is 10.6 Å². The molecule has 0 aliphatic heterocycles. The van der Waals surface area contributed by atoms with Crippen LogP contribution < -0.4 is 16.4 Å². The van der Waals surface area contributed by atoms with Gasteiger partial charge in [0.15, 0.2) is 11.3 Å². The van der Waals surface area contributed by atoms with Crippen molar-refractivity contribution >= 4 is 23.1 Å². The van der Waals surface area contributed by atoms with E-state index in [0.717, 1.165) is 43.0 Å². The summed E-state index contributed by atoms with van der Waals surface area (Å²) in [6.07, 6.45) is 4.44. The number of halogens is 3. The van der Waals surface area contributed by atoms with Gasteiger partial charge in [-0.15, -0.1) is 0 Å². The maximum atomic E-state index is 13.2. The average molecular weight is 436 g/mol. The number of hydrogen-bond donors (Lipinski definition) is 3. The van der Waals surface area contributed by atoms with E-state index in [4.69, 9.17) is 5.73 Å². The minimum atomic E-state index is -4.70. The van der Waals surface area contributed by atoms with Gasteiger partial charge in [-0.05, 0) is 18.9 Å². The lowest BCUT2D eigenvalue weighted by Gasteiger charge is -2.23. The van der Waals surface area contributed by atoms with E-state index in [1.165, 1.54) is 17.8 Å². The Bertz CT molecular complexity index is 1090. The molecule has 1 saturated carbocycles. The Morgan fingerprint density at radius 2 is 2.03 bits per heavy atom. The molecule has 1 aliphatic carbocycles. The highest BCUT2D eigenvalue weighted by molar-refractivity contribution is 6.08. The third-order valence-corrected chi connectivity index (χ3v) is 5.36. The second-order valence-corrected chi connectivity index (χ2v) is 7.71. The number of fused-ring (bicyclic) bond motifs is 1. The molecule has 0 radical (unpaired) electrons. The van der Waals surface area contributed by atoms with Gasteiger partial charge in [-0.25, -0.2) is 9.50 Å². The summed E-state index contributed by atoms with van der Waals surface area (Å²) in [6, 6.07) is 1.78. The minimum Gasteiger partial charge on any atom is -0.366 e. The molecule has 2 unspecified atom stereocenters. The Hall–Kier alpha value is -3.15. The first-order valence-electron chi connectivity index (χ1n) is 10.0. The number of alkyl halides is 3. The highest BCUT2D eigenvalue weighted by Crippen LogP contribution is 2.33. The first kappa shape index (κ1) is 21.1. The molecule has 0 aromatic carbocycles. The summed E-state index contributed by atoms with van der Waals surface area (Å²) in [6.45, 7) is 0. The van der Waals surface area contributed by atoms with Crippen LogP contribution >= 0.6 is 0 Å². The summed E-state index contributed by atoms with van der Waals surface area (Å²) in [4.78, 5) is 17.2. The number of nitrogens with one attached hydrogen (secondary N) is 2. The van der Waals surface area contributed by atoms with Gasteiger partial charge in [-0.3, -0.25) is 9.48 Å². The van der Waals surface area contributed by atoms with E-state index < -0.39 is 23.5 Å². The average Bonchev–Trinajstić information content (AvgIpc) is 3.23. The SMILES string of the molecule is Cn1cc(NC(=O)c2cnn3ccc(NC4CCCCCC4N)nc23)c(C(F)(F)F)n1. The molecule has 12 heteroatoms. The molecule has 166 valence electrons. The molecule has 1 aliphatic rings. The third-order valence-electron chi connectivity index (χ3n) is 5.36. The Balaban J connectivity index is 1.58. The zero-order valence-corrected chi connectivity index (χ0v) is 16.9. The lowest BCUT2D eigenvalue weighted by Crippen LogP contribution is -2.39. The van der Waals surface area contributed by atoms with E-state index in [9.17, 15) is 18.0 Å². The van der Waals surface area contributed by atoms with Crippen LogP contribution in [-0.4, -0.2) is 42.4 Å². The second kappa shape index (κ2) is 8.17. The van der Waals surface area contributed by atoms with E-state index in [1.54, 1.807) is 12.3 Å². The third kappa shape index (κ3) is 4.48. The van der Waals surface area contributed by atoms with Gasteiger partial charge in [0.25, 0.3) is 5.91 Å². The summed E-state index contributed by atoms with van der Waals surface area (Å²) < 4.78 is 41.9. The molecule has 3 heterocycles. The predicted molar refractivity (Wildman–Crippen MR) is 108 cm³/mol. The molecule has 9 nitrogen and oxygen atoms in total. The van der Waals surface area contributed by atoms with Crippen LogP contribution in [-0.2, 0) is 13.2 Å². The molecule has 0 saturated heterocycles. The lowest BCUT2D eigenvalue weighted by molar-refractivity contribution is -0.140. The van der Waals surface area contributed by atoms with Gasteiger partial charge < -0.3 is 16.4 Å². The van der Waals surface area contributed by atoms with Crippen LogP contribution in [0.15, 0.2) is 24.7 Å². The van der Waals surface area contributed by atoms with E-state index in [1.807, 2.05) is 0 Å². The topological polar surface area (TPSA) is 115 Å². The molecular formula is C19H23F3N8O. The quantitative estimate of drug-likeness (QED) is 0.542. The fraction of sp³-hybridized carbons (Fsp3) is 0.474. The van der Waals surface area contributed by atoms with Gasteiger partial charge in [-0.2, -0.15) is 23.4 Å². The largest absolute Gasteiger partial charge is 0.437 e. The molecular weight excluding hydrogens is 413 g/mol. The van der Waals surface area contributed by atoms with Gasteiger partial charge in [0, 0.05) is 31.5 Å². The predicted octanol–water partition coefficient (Wildman–Crippen LogP) is 2.81. The van der Waals surface area contributed by atoms with Crippen molar-refractivity contribution in [3.05, 3.63) is 35.9 Å². The summed E-state index contributed by atoms with van der Waals surface area (Å²) >= 11 is 0. The van der Waals surface area contributed by atoms with Crippen molar-refractivity contribution in [3.63, 3.8) is 0 Å². The normalized spacial score (nSPS) is 19.9. The van der Waals surface area contributed by atoms with Gasteiger partial charge in [0.1, 0.15) is 11.4 Å². The molecule has 3 aromatic heterocycles. The van der Waals surface area contributed by atoms with E-state index in [0.29, 0.717) is 5.82 Å². The zero-order valence-electron chi connectivity index (χ0n) is 16.9. The Morgan fingerprint density at radius 3 is 2.81 bits per heavy atom. The summed E-state index contributed by atoms with van der Waals surface area (Å²) in [5.74, 6) is -0.230. The molecule has 4 N–H and O–H groups in total. The summed E-state index contributed by atoms with van der Waals surface area (Å²) in [7, 11) is 1.35. The number of amides is 1. The van der Waals surface area contributed by atoms with Crippen LogP contribution in [0.25, 0.3) is 5.65 Å². The molecule has 0 spiro atoms. The van der Waals surface area contributed by atoms with E-state index in [-0.39, 0.29) is 23.3 Å². The summed E-state index contributed by atoms with van der Waals surface area (Å²) in [5, 5.41) is 13.1. The first-order chi connectivity index (χ1) is 14.7. The smallest absolute Gasteiger partial charge is 0.366 e. The lowest BCUT2D eigenvalue weighted by atomic mass is 10.0. The van der Waals surface area contributed by atoms with Gasteiger partial charge >= 0.3 is 6.18 Å². The molecule has 1 fully saturated rings. The number of aryl methyl sites for hydroxylation is 1. The fourth-order valence-electron chi connectivity index (χ4n) is 3.79. The number of nitrogens with zero attached hydrogens (tertiary/aromatic N) is 5. The van der Waals surface area contributed by atoms with Crippen LogP contribution in [0.4, 0.5) is 24.7 Å². The van der Waals surface area contributed by atoms with Crippen molar-refractivity contribution in [2.24, 2.45) is 12.8 Å². The Kier molecular flexibility index (Phi) is 5.56. The number of rotatable bonds is 4. The van der Waals surface area contributed by atoms with Crippen molar-refractivity contribution in [3.8, 4) is 0 Å². The molecule has 0 bridgehead atoms. The maximum Gasteiger partial charge on any atom is 0.437 e. The number of carbonyl (C=O) groups excluding carboxylic acids is 1. The van der Waals surface area contributed by atoms with Gasteiger partial charge in [-0.1, -0.05) is 19.3 Å². The summed E-state index contributed by atoms with van der Waals surface area (Å²) in [5.41, 5.74) is 4.93. The zero-order chi connectivity index (χ0) is 22.2. The van der Waals surface area contributed by atoms with Crippen LogP contribution in [0, 0.1) is 0 Å². The van der Waals surface area contributed by atoms with Crippen molar-refractivity contribution < 1.29 is 18.0 Å². The number of nitrogens with two attached hydrogens (primary N) is 1. The van der Waals surface area contributed by atoms with E-state index >= 15 is 0 Å². The minimum absolute atomic E-state index is 0.000392. The number of aromatic nitrogens is 5. The Morgan fingerprint density at radius 1 is 1.26 bits per heavy atom. The molecule has 3 aromatic rings.